The molecule has 0 N–H and O–H groups in total. The van der Waals surface area contributed by atoms with Crippen LogP contribution in [0.3, 0.4) is 0 Å². The van der Waals surface area contributed by atoms with Crippen LogP contribution in [0.5, 0.6) is 0 Å². The van der Waals surface area contributed by atoms with E-state index in [0.717, 1.165) is 18.4 Å². The number of allylic oxidation sites excluding steroid dienone is 2. The van der Waals surface area contributed by atoms with Crippen molar-refractivity contribution in [2.75, 3.05) is 0 Å². The SMILES string of the molecule is C=C1C(=O)OC2/C=C(\C)CC/C=C(\C)CC(OC(C)=O)C12. The van der Waals surface area contributed by atoms with E-state index in [0.29, 0.717) is 12.0 Å². The van der Waals surface area contributed by atoms with Crippen LogP contribution in [0, 0.1) is 5.92 Å². The molecule has 1 aliphatic carbocycles. The summed E-state index contributed by atoms with van der Waals surface area (Å²) >= 11 is 0. The molecular formula is C17H22O4. The van der Waals surface area contributed by atoms with Gasteiger partial charge >= 0.3 is 11.9 Å². The molecule has 0 aromatic carbocycles. The lowest BCUT2D eigenvalue weighted by atomic mass is 9.85. The van der Waals surface area contributed by atoms with Crippen LogP contribution in [0.2, 0.25) is 0 Å². The minimum absolute atomic E-state index is 0.308. The fourth-order valence-electron chi connectivity index (χ4n) is 2.95. The smallest absolute Gasteiger partial charge is 0.334 e. The van der Waals surface area contributed by atoms with Crippen LogP contribution in [0.1, 0.15) is 40.0 Å². The highest BCUT2D eigenvalue weighted by Gasteiger charge is 2.44. The Morgan fingerprint density at radius 3 is 2.76 bits per heavy atom. The predicted molar refractivity (Wildman–Crippen MR) is 79.4 cm³/mol. The van der Waals surface area contributed by atoms with Crippen molar-refractivity contribution in [3.8, 4) is 0 Å². The fourth-order valence-corrected chi connectivity index (χ4v) is 2.95. The molecule has 2 aliphatic rings. The number of esters is 2. The van der Waals surface area contributed by atoms with E-state index < -0.39 is 12.1 Å². The van der Waals surface area contributed by atoms with Gasteiger partial charge in [0.1, 0.15) is 12.2 Å². The zero-order valence-corrected chi connectivity index (χ0v) is 12.8. The number of hydrogen-bond acceptors (Lipinski definition) is 4. The molecule has 0 spiro atoms. The van der Waals surface area contributed by atoms with Gasteiger partial charge in [-0.3, -0.25) is 4.79 Å². The summed E-state index contributed by atoms with van der Waals surface area (Å²) < 4.78 is 10.9. The summed E-state index contributed by atoms with van der Waals surface area (Å²) in [5.74, 6) is -1.05. The van der Waals surface area contributed by atoms with Crippen molar-refractivity contribution >= 4 is 11.9 Å². The largest absolute Gasteiger partial charge is 0.461 e. The topological polar surface area (TPSA) is 52.6 Å². The summed E-state index contributed by atoms with van der Waals surface area (Å²) in [4.78, 5) is 23.2. The van der Waals surface area contributed by atoms with Crippen molar-refractivity contribution < 1.29 is 19.1 Å². The molecule has 3 atom stereocenters. The van der Waals surface area contributed by atoms with Gasteiger partial charge < -0.3 is 9.47 Å². The Labute approximate surface area is 125 Å². The van der Waals surface area contributed by atoms with Gasteiger partial charge in [0, 0.05) is 18.9 Å². The molecule has 114 valence electrons. The average molecular weight is 290 g/mol. The molecule has 1 saturated heterocycles. The Balaban J connectivity index is 2.39. The summed E-state index contributed by atoms with van der Waals surface area (Å²) in [5, 5.41) is 0. The highest BCUT2D eigenvalue weighted by atomic mass is 16.6. The minimum Gasteiger partial charge on any atom is -0.461 e. The second-order valence-corrected chi connectivity index (χ2v) is 5.88. The molecule has 0 aromatic rings. The standard InChI is InChI=1S/C17H22O4/c1-10-6-5-7-11(2)9-15-16(12(3)17(19)21-15)14(8-10)20-13(4)18/h6,9,14-16H,3,5,7-8H2,1-2,4H3/b10-6+,11-9+. The van der Waals surface area contributed by atoms with Crippen molar-refractivity contribution in [2.45, 2.75) is 52.2 Å². The van der Waals surface area contributed by atoms with Crippen LogP contribution in [0.15, 0.2) is 35.5 Å². The molecule has 1 fully saturated rings. The highest BCUT2D eigenvalue weighted by molar-refractivity contribution is 5.91. The number of fused-ring (bicyclic) bond motifs is 1. The molecule has 0 saturated carbocycles. The molecule has 0 amide bonds. The summed E-state index contributed by atoms with van der Waals surface area (Å²) in [6.07, 6.45) is 5.80. The summed E-state index contributed by atoms with van der Waals surface area (Å²) in [6, 6.07) is 0. The van der Waals surface area contributed by atoms with Crippen LogP contribution in [0.25, 0.3) is 0 Å². The first-order chi connectivity index (χ1) is 9.88. The number of carbonyl (C=O) groups excluding carboxylic acids is 2. The van der Waals surface area contributed by atoms with Gasteiger partial charge in [-0.15, -0.1) is 0 Å². The van der Waals surface area contributed by atoms with Gasteiger partial charge in [0.2, 0.25) is 0 Å². The lowest BCUT2D eigenvalue weighted by Gasteiger charge is -2.26. The molecule has 3 unspecified atom stereocenters. The third kappa shape index (κ3) is 3.63. The Kier molecular flexibility index (Phi) is 4.66. The van der Waals surface area contributed by atoms with E-state index in [2.05, 4.69) is 12.7 Å². The van der Waals surface area contributed by atoms with Crippen LogP contribution in [0.4, 0.5) is 0 Å². The normalized spacial score (nSPS) is 34.9. The molecule has 4 heteroatoms. The molecule has 21 heavy (non-hydrogen) atoms. The van der Waals surface area contributed by atoms with Crippen LogP contribution < -0.4 is 0 Å². The van der Waals surface area contributed by atoms with Gasteiger partial charge in [0.25, 0.3) is 0 Å². The van der Waals surface area contributed by atoms with Crippen molar-refractivity contribution in [2.24, 2.45) is 5.92 Å². The highest BCUT2D eigenvalue weighted by Crippen LogP contribution is 2.36. The maximum atomic E-state index is 11.9. The third-order valence-electron chi connectivity index (χ3n) is 3.98. The van der Waals surface area contributed by atoms with Gasteiger partial charge in [0.15, 0.2) is 0 Å². The van der Waals surface area contributed by atoms with Crippen molar-refractivity contribution in [3.05, 3.63) is 35.5 Å². The first-order valence-corrected chi connectivity index (χ1v) is 7.28. The average Bonchev–Trinajstić information content (AvgIpc) is 2.62. The van der Waals surface area contributed by atoms with E-state index in [1.807, 2.05) is 19.9 Å². The summed E-state index contributed by atoms with van der Waals surface area (Å²) in [5.41, 5.74) is 2.71. The number of carbonyl (C=O) groups is 2. The van der Waals surface area contributed by atoms with Crippen LogP contribution >= 0.6 is 0 Å². The fraction of sp³-hybridized carbons (Fsp3) is 0.529. The molecule has 4 nitrogen and oxygen atoms in total. The Bertz CT molecular complexity index is 527. The first kappa shape index (κ1) is 15.5. The van der Waals surface area contributed by atoms with Gasteiger partial charge in [-0.05, 0) is 32.8 Å². The molecule has 0 aromatic heterocycles. The second kappa shape index (κ2) is 6.29. The van der Waals surface area contributed by atoms with Crippen molar-refractivity contribution in [1.29, 1.82) is 0 Å². The minimum atomic E-state index is -0.412. The lowest BCUT2D eigenvalue weighted by Crippen LogP contribution is -2.32. The maximum Gasteiger partial charge on any atom is 0.334 e. The van der Waals surface area contributed by atoms with Crippen LogP contribution in [-0.2, 0) is 19.1 Å². The Morgan fingerprint density at radius 2 is 2.10 bits per heavy atom. The zero-order valence-electron chi connectivity index (χ0n) is 12.8. The van der Waals surface area contributed by atoms with Crippen molar-refractivity contribution in [1.82, 2.24) is 0 Å². The van der Waals surface area contributed by atoms with Crippen LogP contribution in [-0.4, -0.2) is 24.1 Å². The van der Waals surface area contributed by atoms with Gasteiger partial charge in [-0.2, -0.15) is 0 Å². The van der Waals surface area contributed by atoms with E-state index >= 15 is 0 Å². The van der Waals surface area contributed by atoms with Crippen molar-refractivity contribution in [3.63, 3.8) is 0 Å². The summed E-state index contributed by atoms with van der Waals surface area (Å²) in [6.45, 7) is 9.27. The quantitative estimate of drug-likeness (QED) is 0.423. The third-order valence-corrected chi connectivity index (χ3v) is 3.98. The van der Waals surface area contributed by atoms with E-state index in [-0.39, 0.29) is 18.0 Å². The maximum absolute atomic E-state index is 11.9. The molecule has 1 aliphatic heterocycles. The van der Waals surface area contributed by atoms with E-state index in [1.54, 1.807) is 0 Å². The van der Waals surface area contributed by atoms with E-state index in [9.17, 15) is 9.59 Å². The molecule has 2 rings (SSSR count). The number of rotatable bonds is 1. The number of ether oxygens (including phenoxy) is 2. The molecular weight excluding hydrogens is 268 g/mol. The Morgan fingerprint density at radius 1 is 1.38 bits per heavy atom. The zero-order chi connectivity index (χ0) is 15.6. The van der Waals surface area contributed by atoms with Gasteiger partial charge in [-0.25, -0.2) is 4.79 Å². The summed E-state index contributed by atoms with van der Waals surface area (Å²) in [7, 11) is 0. The second-order valence-electron chi connectivity index (χ2n) is 5.88. The Hall–Kier alpha value is -1.84. The first-order valence-electron chi connectivity index (χ1n) is 7.28. The number of hydrogen-bond donors (Lipinski definition) is 0. The van der Waals surface area contributed by atoms with E-state index in [1.165, 1.54) is 12.5 Å². The lowest BCUT2D eigenvalue weighted by molar-refractivity contribution is -0.149. The molecule has 1 heterocycles. The molecule has 0 bridgehead atoms. The van der Waals surface area contributed by atoms with E-state index in [4.69, 9.17) is 9.47 Å². The molecule has 0 radical (unpaired) electrons. The monoisotopic (exact) mass is 290 g/mol. The predicted octanol–water partition coefficient (Wildman–Crippen LogP) is 3.09. The van der Waals surface area contributed by atoms with Gasteiger partial charge in [-0.1, -0.05) is 23.8 Å². The van der Waals surface area contributed by atoms with Gasteiger partial charge in [0.05, 0.1) is 5.92 Å².